The van der Waals surface area contributed by atoms with Gasteiger partial charge in [0.1, 0.15) is 15.1 Å². The molecule has 0 spiro atoms. The molecule has 0 aliphatic carbocycles. The van der Waals surface area contributed by atoms with Crippen LogP contribution in [0.2, 0.25) is 0 Å². The van der Waals surface area contributed by atoms with Crippen LogP contribution in [0.25, 0.3) is 9.53 Å². The average molecular weight is 214 g/mol. The SMILES string of the molecule is COC(=O)c1c(C)sc2snnc12. The molecule has 0 saturated carbocycles. The van der Waals surface area contributed by atoms with Crippen molar-refractivity contribution in [1.82, 2.24) is 9.59 Å². The summed E-state index contributed by atoms with van der Waals surface area (Å²) in [5.74, 6) is -0.337. The molecule has 2 aromatic heterocycles. The molecule has 0 aliphatic heterocycles. The van der Waals surface area contributed by atoms with Gasteiger partial charge in [-0.2, -0.15) is 0 Å². The van der Waals surface area contributed by atoms with Gasteiger partial charge in [-0.15, -0.1) is 16.4 Å². The third-order valence-corrected chi connectivity index (χ3v) is 3.57. The molecule has 0 radical (unpaired) electrons. The fourth-order valence-electron chi connectivity index (χ4n) is 1.10. The van der Waals surface area contributed by atoms with Crippen molar-refractivity contribution in [2.75, 3.05) is 7.11 Å². The van der Waals surface area contributed by atoms with Crippen molar-refractivity contribution in [3.05, 3.63) is 10.4 Å². The molecule has 0 saturated heterocycles. The number of aromatic nitrogens is 2. The van der Waals surface area contributed by atoms with Crippen molar-refractivity contribution in [1.29, 1.82) is 0 Å². The lowest BCUT2D eigenvalue weighted by atomic mass is 10.2. The van der Waals surface area contributed by atoms with Crippen LogP contribution < -0.4 is 0 Å². The third-order valence-electron chi connectivity index (χ3n) is 1.68. The topological polar surface area (TPSA) is 52.1 Å². The lowest BCUT2D eigenvalue weighted by Gasteiger charge is -1.95. The second kappa shape index (κ2) is 3.04. The van der Waals surface area contributed by atoms with E-state index in [0.29, 0.717) is 11.1 Å². The summed E-state index contributed by atoms with van der Waals surface area (Å²) >= 11 is 2.82. The number of ether oxygens (including phenoxy) is 1. The normalized spacial score (nSPS) is 10.6. The largest absolute Gasteiger partial charge is 0.465 e. The summed E-state index contributed by atoms with van der Waals surface area (Å²) in [6, 6.07) is 0. The number of carbonyl (C=O) groups excluding carboxylic acids is 1. The summed E-state index contributed by atoms with van der Waals surface area (Å²) in [6.45, 7) is 1.88. The first-order chi connectivity index (χ1) is 6.24. The Morgan fingerprint density at radius 2 is 2.31 bits per heavy atom. The van der Waals surface area contributed by atoms with Crippen molar-refractivity contribution < 1.29 is 9.53 Å². The van der Waals surface area contributed by atoms with Crippen LogP contribution >= 0.6 is 22.9 Å². The van der Waals surface area contributed by atoms with Gasteiger partial charge in [-0.25, -0.2) is 4.79 Å². The highest BCUT2D eigenvalue weighted by atomic mass is 32.2. The summed E-state index contributed by atoms with van der Waals surface area (Å²) in [4.78, 5) is 12.3. The second-order valence-electron chi connectivity index (χ2n) is 2.43. The van der Waals surface area contributed by atoms with E-state index in [0.717, 1.165) is 8.89 Å². The molecule has 0 aliphatic rings. The maximum Gasteiger partial charge on any atom is 0.341 e. The van der Waals surface area contributed by atoms with Crippen LogP contribution in [0.4, 0.5) is 0 Å². The van der Waals surface area contributed by atoms with Crippen molar-refractivity contribution in [3.63, 3.8) is 0 Å². The number of hydrogen-bond donors (Lipinski definition) is 0. The Hall–Kier alpha value is -1.01. The first-order valence-electron chi connectivity index (χ1n) is 3.54. The Bertz CT molecular complexity index is 460. The lowest BCUT2D eigenvalue weighted by molar-refractivity contribution is 0.0602. The van der Waals surface area contributed by atoms with E-state index in [9.17, 15) is 4.79 Å². The summed E-state index contributed by atoms with van der Waals surface area (Å²) < 4.78 is 9.40. The molecule has 6 heteroatoms. The monoisotopic (exact) mass is 214 g/mol. The molecule has 0 unspecified atom stereocenters. The van der Waals surface area contributed by atoms with Crippen LogP contribution in [-0.2, 0) is 4.74 Å². The van der Waals surface area contributed by atoms with E-state index in [1.807, 2.05) is 6.92 Å². The minimum absolute atomic E-state index is 0.337. The van der Waals surface area contributed by atoms with Crippen molar-refractivity contribution in [3.8, 4) is 0 Å². The van der Waals surface area contributed by atoms with Crippen LogP contribution in [0.15, 0.2) is 0 Å². The molecule has 0 amide bonds. The average Bonchev–Trinajstić information content (AvgIpc) is 2.62. The Labute approximate surface area is 82.3 Å². The van der Waals surface area contributed by atoms with Crippen LogP contribution in [0.3, 0.4) is 0 Å². The third kappa shape index (κ3) is 1.22. The number of rotatable bonds is 1. The fraction of sp³-hybridized carbons (Fsp3) is 0.286. The summed E-state index contributed by atoms with van der Waals surface area (Å²) in [7, 11) is 1.37. The Kier molecular flexibility index (Phi) is 2.01. The van der Waals surface area contributed by atoms with Gasteiger partial charge in [-0.1, -0.05) is 4.49 Å². The Morgan fingerprint density at radius 1 is 1.54 bits per heavy atom. The first-order valence-corrected chi connectivity index (χ1v) is 5.12. The van der Waals surface area contributed by atoms with E-state index in [1.165, 1.54) is 30.0 Å². The van der Waals surface area contributed by atoms with Gasteiger partial charge in [0.25, 0.3) is 0 Å². The number of aryl methyl sites for hydroxylation is 1. The molecule has 68 valence electrons. The maximum atomic E-state index is 11.3. The number of nitrogens with zero attached hydrogens (tertiary/aromatic N) is 2. The molecular formula is C7H6N2O2S2. The number of fused-ring (bicyclic) bond motifs is 1. The highest BCUT2D eigenvalue weighted by molar-refractivity contribution is 7.36. The zero-order valence-corrected chi connectivity index (χ0v) is 8.66. The molecule has 0 aromatic carbocycles. The van der Waals surface area contributed by atoms with Gasteiger partial charge in [0.2, 0.25) is 0 Å². The van der Waals surface area contributed by atoms with Crippen molar-refractivity contribution in [2.24, 2.45) is 0 Å². The zero-order valence-electron chi connectivity index (χ0n) is 7.03. The minimum atomic E-state index is -0.337. The van der Waals surface area contributed by atoms with Crippen molar-refractivity contribution >= 4 is 38.4 Å². The molecule has 0 bridgehead atoms. The molecule has 2 heterocycles. The van der Waals surface area contributed by atoms with Gasteiger partial charge < -0.3 is 4.74 Å². The summed E-state index contributed by atoms with van der Waals surface area (Å²) in [5, 5.41) is 3.89. The van der Waals surface area contributed by atoms with Crippen LogP contribution in [0, 0.1) is 6.92 Å². The van der Waals surface area contributed by atoms with Gasteiger partial charge >= 0.3 is 5.97 Å². The highest BCUT2D eigenvalue weighted by Crippen LogP contribution is 2.31. The van der Waals surface area contributed by atoms with E-state index in [4.69, 9.17) is 0 Å². The van der Waals surface area contributed by atoms with Crippen molar-refractivity contribution in [2.45, 2.75) is 6.92 Å². The lowest BCUT2D eigenvalue weighted by Crippen LogP contribution is -2.01. The van der Waals surface area contributed by atoms with E-state index < -0.39 is 0 Å². The van der Waals surface area contributed by atoms with Crippen LogP contribution in [0.1, 0.15) is 15.2 Å². The quantitative estimate of drug-likeness (QED) is 0.680. The Balaban J connectivity index is 2.70. The predicted molar refractivity (Wildman–Crippen MR) is 51.4 cm³/mol. The molecule has 4 nitrogen and oxygen atoms in total. The fourth-order valence-corrected chi connectivity index (χ4v) is 2.95. The highest BCUT2D eigenvalue weighted by Gasteiger charge is 2.19. The maximum absolute atomic E-state index is 11.3. The summed E-state index contributed by atoms with van der Waals surface area (Å²) in [6.07, 6.45) is 0. The number of methoxy groups -OCH3 is 1. The number of thiophene rings is 1. The molecule has 0 fully saturated rings. The molecular weight excluding hydrogens is 208 g/mol. The Morgan fingerprint density at radius 3 is 3.00 bits per heavy atom. The van der Waals surface area contributed by atoms with Gasteiger partial charge in [-0.05, 0) is 18.5 Å². The summed E-state index contributed by atoms with van der Waals surface area (Å²) in [5.41, 5.74) is 1.22. The molecule has 0 atom stereocenters. The van der Waals surface area contributed by atoms with Gasteiger partial charge in [0.15, 0.2) is 0 Å². The zero-order chi connectivity index (χ0) is 9.42. The van der Waals surface area contributed by atoms with E-state index in [-0.39, 0.29) is 5.97 Å². The first kappa shape index (κ1) is 8.58. The molecule has 13 heavy (non-hydrogen) atoms. The second-order valence-corrected chi connectivity index (χ2v) is 4.67. The smallest absolute Gasteiger partial charge is 0.341 e. The molecule has 2 rings (SSSR count). The number of carbonyl (C=O) groups is 1. The van der Waals surface area contributed by atoms with E-state index >= 15 is 0 Å². The van der Waals surface area contributed by atoms with Gasteiger partial charge in [0, 0.05) is 4.88 Å². The molecule has 2 aromatic rings. The standard InChI is InChI=1S/C7H6N2O2S2/c1-3-4(6(10)11-2)5-7(12-3)13-9-8-5/h1-2H3. The van der Waals surface area contributed by atoms with E-state index in [1.54, 1.807) is 0 Å². The van der Waals surface area contributed by atoms with Gasteiger partial charge in [0.05, 0.1) is 7.11 Å². The van der Waals surface area contributed by atoms with E-state index in [2.05, 4.69) is 14.3 Å². The minimum Gasteiger partial charge on any atom is -0.465 e. The van der Waals surface area contributed by atoms with Crippen LogP contribution in [0.5, 0.6) is 0 Å². The number of esters is 1. The van der Waals surface area contributed by atoms with Gasteiger partial charge in [-0.3, -0.25) is 0 Å². The number of hydrogen-bond acceptors (Lipinski definition) is 6. The molecule has 0 N–H and O–H groups in total. The predicted octanol–water partition coefficient (Wildman–Crippen LogP) is 1.85. The van der Waals surface area contributed by atoms with Crippen LogP contribution in [-0.4, -0.2) is 22.7 Å².